The first kappa shape index (κ1) is 8.79. The topological polar surface area (TPSA) is 26.0 Å². The molecule has 1 aliphatic carbocycles. The lowest BCUT2D eigenvalue weighted by Crippen LogP contribution is -2.32. The molecule has 0 heterocycles. The first-order chi connectivity index (χ1) is 5.25. The van der Waals surface area contributed by atoms with Crippen LogP contribution in [0.1, 0.15) is 32.6 Å². The molecule has 11 heavy (non-hydrogen) atoms. The zero-order chi connectivity index (χ0) is 8.32. The summed E-state index contributed by atoms with van der Waals surface area (Å²) in [6.45, 7) is 6.95. The van der Waals surface area contributed by atoms with Gasteiger partial charge in [-0.1, -0.05) is 25.8 Å². The van der Waals surface area contributed by atoms with E-state index in [0.29, 0.717) is 5.41 Å². The first-order valence-electron chi connectivity index (χ1n) is 4.56. The highest BCUT2D eigenvalue weighted by Gasteiger charge is 2.37. The Morgan fingerprint density at radius 3 is 2.82 bits per heavy atom. The molecule has 1 fully saturated rings. The van der Waals surface area contributed by atoms with Crippen molar-refractivity contribution in [3.8, 4) is 0 Å². The monoisotopic (exact) mass is 153 g/mol. The van der Waals surface area contributed by atoms with Gasteiger partial charge in [0.15, 0.2) is 0 Å². The van der Waals surface area contributed by atoms with Gasteiger partial charge >= 0.3 is 0 Å². The highest BCUT2D eigenvalue weighted by atomic mass is 14.6. The van der Waals surface area contributed by atoms with E-state index >= 15 is 0 Å². The van der Waals surface area contributed by atoms with Gasteiger partial charge in [0.05, 0.1) is 0 Å². The quantitative estimate of drug-likeness (QED) is 0.619. The third-order valence-corrected chi connectivity index (χ3v) is 3.31. The van der Waals surface area contributed by atoms with Crippen molar-refractivity contribution in [2.45, 2.75) is 32.6 Å². The normalized spacial score (nSPS) is 37.5. The van der Waals surface area contributed by atoms with E-state index in [2.05, 4.69) is 13.5 Å². The van der Waals surface area contributed by atoms with Gasteiger partial charge in [0.1, 0.15) is 0 Å². The van der Waals surface area contributed by atoms with Gasteiger partial charge < -0.3 is 5.73 Å². The summed E-state index contributed by atoms with van der Waals surface area (Å²) in [6.07, 6.45) is 7.13. The Morgan fingerprint density at radius 1 is 1.73 bits per heavy atom. The van der Waals surface area contributed by atoms with Crippen LogP contribution in [-0.4, -0.2) is 6.54 Å². The maximum Gasteiger partial charge on any atom is -0.00150 e. The van der Waals surface area contributed by atoms with Gasteiger partial charge in [-0.15, -0.1) is 6.58 Å². The van der Waals surface area contributed by atoms with Crippen LogP contribution in [0.25, 0.3) is 0 Å². The van der Waals surface area contributed by atoms with Crippen LogP contribution in [0.2, 0.25) is 0 Å². The molecular formula is C10H19N. The molecule has 0 aromatic rings. The summed E-state index contributed by atoms with van der Waals surface area (Å²) < 4.78 is 0. The maximum absolute atomic E-state index is 5.80. The summed E-state index contributed by atoms with van der Waals surface area (Å²) >= 11 is 0. The van der Waals surface area contributed by atoms with Gasteiger partial charge in [0.25, 0.3) is 0 Å². The molecule has 2 unspecified atom stereocenters. The van der Waals surface area contributed by atoms with Gasteiger partial charge in [-0.2, -0.15) is 0 Å². The average Bonchev–Trinajstić information content (AvgIpc) is 2.35. The summed E-state index contributed by atoms with van der Waals surface area (Å²) in [5.74, 6) is 0.797. The van der Waals surface area contributed by atoms with Gasteiger partial charge in [-0.05, 0) is 30.7 Å². The number of nitrogens with two attached hydrogens (primary N) is 1. The van der Waals surface area contributed by atoms with Crippen molar-refractivity contribution in [1.29, 1.82) is 0 Å². The summed E-state index contributed by atoms with van der Waals surface area (Å²) in [4.78, 5) is 0. The van der Waals surface area contributed by atoms with E-state index in [1.54, 1.807) is 0 Å². The lowest BCUT2D eigenvalue weighted by molar-refractivity contribution is 0.229. The van der Waals surface area contributed by atoms with Crippen LogP contribution in [0.15, 0.2) is 12.7 Å². The first-order valence-corrected chi connectivity index (χ1v) is 4.56. The van der Waals surface area contributed by atoms with Gasteiger partial charge in [-0.3, -0.25) is 0 Å². The molecule has 1 rings (SSSR count). The van der Waals surface area contributed by atoms with Crippen molar-refractivity contribution in [3.63, 3.8) is 0 Å². The zero-order valence-electron chi connectivity index (χ0n) is 7.47. The summed E-state index contributed by atoms with van der Waals surface area (Å²) in [5, 5.41) is 0. The van der Waals surface area contributed by atoms with Crippen LogP contribution in [0.4, 0.5) is 0 Å². The Kier molecular flexibility index (Phi) is 2.72. The van der Waals surface area contributed by atoms with Crippen molar-refractivity contribution in [2.24, 2.45) is 17.1 Å². The van der Waals surface area contributed by atoms with Crippen molar-refractivity contribution < 1.29 is 0 Å². The van der Waals surface area contributed by atoms with Crippen molar-refractivity contribution in [1.82, 2.24) is 0 Å². The SMILES string of the molecule is C=CCC1(CN)CCCC1C. The highest BCUT2D eigenvalue weighted by molar-refractivity contribution is 4.94. The summed E-state index contributed by atoms with van der Waals surface area (Å²) in [5.41, 5.74) is 6.20. The highest BCUT2D eigenvalue weighted by Crippen LogP contribution is 2.45. The Hall–Kier alpha value is -0.300. The lowest BCUT2D eigenvalue weighted by Gasteiger charge is -2.31. The van der Waals surface area contributed by atoms with Crippen molar-refractivity contribution >= 4 is 0 Å². The second kappa shape index (κ2) is 3.40. The minimum Gasteiger partial charge on any atom is -0.330 e. The molecule has 1 heteroatoms. The molecule has 0 aromatic heterocycles. The predicted octanol–water partition coefficient (Wildman–Crippen LogP) is 2.33. The van der Waals surface area contributed by atoms with Crippen LogP contribution < -0.4 is 5.73 Å². The molecule has 64 valence electrons. The molecule has 2 N–H and O–H groups in total. The standard InChI is InChI=1S/C10H19N/c1-3-6-10(8-11)7-4-5-9(10)2/h3,9H,1,4-8,11H2,2H3. The van der Waals surface area contributed by atoms with Gasteiger partial charge in [-0.25, -0.2) is 0 Å². The molecule has 0 bridgehead atoms. The summed E-state index contributed by atoms with van der Waals surface area (Å²) in [6, 6.07) is 0. The molecule has 0 aliphatic heterocycles. The maximum atomic E-state index is 5.80. The molecule has 1 nitrogen and oxygen atoms in total. The van der Waals surface area contributed by atoms with Gasteiger partial charge in [0.2, 0.25) is 0 Å². The third kappa shape index (κ3) is 1.48. The third-order valence-electron chi connectivity index (χ3n) is 3.31. The molecule has 1 saturated carbocycles. The Morgan fingerprint density at radius 2 is 2.45 bits per heavy atom. The molecule has 0 spiro atoms. The molecule has 0 aromatic carbocycles. The zero-order valence-corrected chi connectivity index (χ0v) is 7.47. The second-order valence-corrected chi connectivity index (χ2v) is 3.85. The number of rotatable bonds is 3. The number of hydrogen-bond donors (Lipinski definition) is 1. The molecule has 0 radical (unpaired) electrons. The Bertz CT molecular complexity index is 142. The second-order valence-electron chi connectivity index (χ2n) is 3.85. The van der Waals surface area contributed by atoms with E-state index in [1.165, 1.54) is 19.3 Å². The molecule has 2 atom stereocenters. The fourth-order valence-electron chi connectivity index (χ4n) is 2.29. The van der Waals surface area contributed by atoms with E-state index in [4.69, 9.17) is 5.73 Å². The van der Waals surface area contributed by atoms with E-state index < -0.39 is 0 Å². The largest absolute Gasteiger partial charge is 0.330 e. The van der Waals surface area contributed by atoms with E-state index in [1.807, 2.05) is 6.08 Å². The smallest absolute Gasteiger partial charge is 0.00150 e. The fraction of sp³-hybridized carbons (Fsp3) is 0.800. The van der Waals surface area contributed by atoms with Crippen LogP contribution in [0.3, 0.4) is 0 Å². The van der Waals surface area contributed by atoms with Crippen LogP contribution in [0, 0.1) is 11.3 Å². The Balaban J connectivity index is 2.64. The number of hydrogen-bond acceptors (Lipinski definition) is 1. The predicted molar refractivity (Wildman–Crippen MR) is 49.3 cm³/mol. The van der Waals surface area contributed by atoms with Crippen molar-refractivity contribution in [2.75, 3.05) is 6.54 Å². The Labute approximate surface area is 69.7 Å². The van der Waals surface area contributed by atoms with E-state index in [-0.39, 0.29) is 0 Å². The average molecular weight is 153 g/mol. The van der Waals surface area contributed by atoms with Crippen LogP contribution in [0.5, 0.6) is 0 Å². The van der Waals surface area contributed by atoms with Crippen molar-refractivity contribution in [3.05, 3.63) is 12.7 Å². The molecular weight excluding hydrogens is 134 g/mol. The van der Waals surface area contributed by atoms with Crippen LogP contribution in [-0.2, 0) is 0 Å². The van der Waals surface area contributed by atoms with E-state index in [9.17, 15) is 0 Å². The molecule has 0 saturated heterocycles. The fourth-order valence-corrected chi connectivity index (χ4v) is 2.29. The lowest BCUT2D eigenvalue weighted by atomic mass is 9.76. The van der Waals surface area contributed by atoms with Crippen LogP contribution >= 0.6 is 0 Å². The van der Waals surface area contributed by atoms with Gasteiger partial charge in [0, 0.05) is 0 Å². The minimum absolute atomic E-state index is 0.405. The number of allylic oxidation sites excluding steroid dienone is 1. The van der Waals surface area contributed by atoms with E-state index in [0.717, 1.165) is 18.9 Å². The summed E-state index contributed by atoms with van der Waals surface area (Å²) in [7, 11) is 0. The molecule has 1 aliphatic rings. The minimum atomic E-state index is 0.405. The molecule has 0 amide bonds.